The molecule has 218 valence electrons. The zero-order valence-corrected chi connectivity index (χ0v) is 24.7. The second-order valence-electron chi connectivity index (χ2n) is 11.1. The minimum atomic E-state index is -1.05. The maximum Gasteiger partial charge on any atom is 0.282 e. The van der Waals surface area contributed by atoms with E-state index in [4.69, 9.17) is 16.3 Å². The second kappa shape index (κ2) is 12.0. The quantitative estimate of drug-likeness (QED) is 0.197. The van der Waals surface area contributed by atoms with Gasteiger partial charge in [0.2, 0.25) is 12.4 Å². The molecule has 4 heterocycles. The van der Waals surface area contributed by atoms with Crippen molar-refractivity contribution < 1.29 is 13.9 Å². The topological polar surface area (TPSA) is 77.1 Å². The normalized spacial score (nSPS) is 19.0. The molecule has 0 radical (unpaired) electrons. The summed E-state index contributed by atoms with van der Waals surface area (Å²) in [6, 6.07) is 16.4. The highest BCUT2D eigenvalue weighted by Gasteiger charge is 2.36. The fourth-order valence-electron chi connectivity index (χ4n) is 6.26. The third kappa shape index (κ3) is 5.40. The van der Waals surface area contributed by atoms with Crippen molar-refractivity contribution in [2.24, 2.45) is 0 Å². The number of rotatable bonds is 7. The number of pyridine rings is 1. The molecule has 2 aliphatic rings. The van der Waals surface area contributed by atoms with Crippen LogP contribution in [0.15, 0.2) is 60.3 Å². The Labute approximate surface area is 254 Å². The molecule has 2 atom stereocenters. The van der Waals surface area contributed by atoms with Crippen LogP contribution >= 0.6 is 11.3 Å². The summed E-state index contributed by atoms with van der Waals surface area (Å²) in [7, 11) is 2.08. The van der Waals surface area contributed by atoms with Gasteiger partial charge < -0.3 is 24.3 Å². The molecule has 0 spiro atoms. The van der Waals surface area contributed by atoms with Gasteiger partial charge in [0.1, 0.15) is 24.3 Å². The number of amides is 1. The lowest BCUT2D eigenvalue weighted by atomic mass is 9.99. The molecular weight excluding hydrogens is 563 g/mol. The lowest BCUT2D eigenvalue weighted by Gasteiger charge is -2.40. The van der Waals surface area contributed by atoms with Crippen molar-refractivity contribution >= 4 is 43.9 Å². The first-order chi connectivity index (χ1) is 20.9. The van der Waals surface area contributed by atoms with Gasteiger partial charge in [-0.2, -0.15) is 5.26 Å². The smallest absolute Gasteiger partial charge is 0.282 e. The summed E-state index contributed by atoms with van der Waals surface area (Å²) in [5, 5.41) is 14.5. The van der Waals surface area contributed by atoms with Crippen LogP contribution in [0.3, 0.4) is 0 Å². The molecule has 0 bridgehead atoms. The van der Waals surface area contributed by atoms with Gasteiger partial charge in [0.05, 0.1) is 11.2 Å². The number of fused-ring (bicyclic) bond motifs is 2. The Balaban J connectivity index is 1.46. The van der Waals surface area contributed by atoms with E-state index in [0.717, 1.165) is 35.9 Å². The zero-order valence-electron chi connectivity index (χ0n) is 23.9. The van der Waals surface area contributed by atoms with Crippen molar-refractivity contribution in [3.8, 4) is 23.1 Å². The van der Waals surface area contributed by atoms with Crippen molar-refractivity contribution in [1.82, 2.24) is 14.8 Å². The molecular formula is C33H31FN6O2S. The van der Waals surface area contributed by atoms with E-state index in [9.17, 15) is 14.4 Å². The molecule has 2 saturated heterocycles. The number of benzene rings is 2. The average Bonchev–Trinajstić information content (AvgIpc) is 3.67. The van der Waals surface area contributed by atoms with Gasteiger partial charge in [-0.25, -0.2) is 15.9 Å². The van der Waals surface area contributed by atoms with Crippen LogP contribution in [-0.4, -0.2) is 79.2 Å². The van der Waals surface area contributed by atoms with Gasteiger partial charge >= 0.3 is 0 Å². The minimum absolute atomic E-state index is 0.00671. The van der Waals surface area contributed by atoms with E-state index in [1.165, 1.54) is 15.0 Å². The standard InChI is InChI=1S/C33H31FN6O2S/c1-21(34)33(41)40-14-13-39(19-25(40)18-36-2)30-27-10-9-23(26-8-4-6-22-11-15-43-31(22)26)16-29(27)37-32(28(30)17-35)42-20-24-7-5-12-38(24)3/h4,6,8-11,15-16,24-25H,1,5,7,12-14,18-20H2,3H3/t24-,25-/m0/s1. The van der Waals surface area contributed by atoms with Gasteiger partial charge in [0.25, 0.3) is 5.91 Å². The van der Waals surface area contributed by atoms with Crippen LogP contribution in [0.5, 0.6) is 5.88 Å². The van der Waals surface area contributed by atoms with E-state index in [1.54, 1.807) is 11.3 Å². The Morgan fingerprint density at radius 3 is 2.86 bits per heavy atom. The number of nitriles is 1. The third-order valence-corrected chi connectivity index (χ3v) is 9.47. The molecule has 2 aromatic heterocycles. The average molecular weight is 595 g/mol. The number of piperazine rings is 1. The van der Waals surface area contributed by atoms with Crippen molar-refractivity contribution in [2.75, 3.05) is 51.3 Å². The van der Waals surface area contributed by atoms with Crippen LogP contribution in [0.1, 0.15) is 18.4 Å². The number of hydrogen-bond acceptors (Lipinski definition) is 7. The van der Waals surface area contributed by atoms with Gasteiger partial charge in [-0.1, -0.05) is 36.9 Å². The van der Waals surface area contributed by atoms with Gasteiger partial charge in [-0.3, -0.25) is 4.79 Å². The molecule has 6 rings (SSSR count). The van der Waals surface area contributed by atoms with E-state index >= 15 is 0 Å². The number of likely N-dealkylation sites (tertiary alicyclic amines) is 1. The molecule has 0 aliphatic carbocycles. The summed E-state index contributed by atoms with van der Waals surface area (Å²) < 4.78 is 21.3. The predicted octanol–water partition coefficient (Wildman–Crippen LogP) is 5.88. The van der Waals surface area contributed by atoms with Crippen molar-refractivity contribution in [3.63, 3.8) is 0 Å². The molecule has 0 saturated carbocycles. The van der Waals surface area contributed by atoms with Crippen molar-refractivity contribution in [3.05, 3.63) is 77.2 Å². The number of anilines is 1. The number of carbonyl (C=O) groups excluding carboxylic acids is 1. The first-order valence-electron chi connectivity index (χ1n) is 14.3. The van der Waals surface area contributed by atoms with Gasteiger partial charge in [-0.15, -0.1) is 11.3 Å². The van der Waals surface area contributed by atoms with Crippen LogP contribution in [0.2, 0.25) is 0 Å². The molecule has 1 amide bonds. The monoisotopic (exact) mass is 594 g/mol. The number of carbonyl (C=O) groups is 1. The number of likely N-dealkylation sites (N-methyl/N-ethyl adjacent to an activating group) is 1. The van der Waals surface area contributed by atoms with Gasteiger partial charge in [0.15, 0.2) is 5.83 Å². The van der Waals surface area contributed by atoms with Crippen LogP contribution in [-0.2, 0) is 4.79 Å². The lowest BCUT2D eigenvalue weighted by molar-refractivity contribution is -0.131. The summed E-state index contributed by atoms with van der Waals surface area (Å²) in [6.45, 7) is 12.9. The van der Waals surface area contributed by atoms with Crippen molar-refractivity contribution in [1.29, 1.82) is 5.26 Å². The summed E-state index contributed by atoms with van der Waals surface area (Å²) in [5.74, 6) is -1.57. The number of hydrogen-bond donors (Lipinski definition) is 0. The number of thiophene rings is 1. The Morgan fingerprint density at radius 1 is 1.26 bits per heavy atom. The molecule has 2 aliphatic heterocycles. The second-order valence-corrected chi connectivity index (χ2v) is 12.0. The summed E-state index contributed by atoms with van der Waals surface area (Å²) in [5.41, 5.74) is 3.77. The molecule has 0 N–H and O–H groups in total. The highest BCUT2D eigenvalue weighted by Crippen LogP contribution is 2.40. The maximum atomic E-state index is 13.8. The van der Waals surface area contributed by atoms with E-state index in [-0.39, 0.29) is 31.6 Å². The summed E-state index contributed by atoms with van der Waals surface area (Å²) in [6.07, 6.45) is 2.11. The fourth-order valence-corrected chi connectivity index (χ4v) is 7.19. The minimum Gasteiger partial charge on any atom is -0.475 e. The first kappa shape index (κ1) is 28.6. The molecule has 4 aromatic rings. The number of nitrogens with zero attached hydrogens (tertiary/aromatic N) is 6. The Kier molecular flexibility index (Phi) is 7.98. The fraction of sp³-hybridized carbons (Fsp3) is 0.333. The third-order valence-electron chi connectivity index (χ3n) is 8.51. The Morgan fingerprint density at radius 2 is 2.12 bits per heavy atom. The number of ether oxygens (including phenoxy) is 1. The maximum absolute atomic E-state index is 13.8. The molecule has 2 aromatic carbocycles. The van der Waals surface area contributed by atoms with E-state index in [0.29, 0.717) is 29.9 Å². The summed E-state index contributed by atoms with van der Waals surface area (Å²) in [4.78, 5) is 26.6. The number of halogens is 1. The first-order valence-corrected chi connectivity index (χ1v) is 15.2. The molecule has 10 heteroatoms. The van der Waals surface area contributed by atoms with Gasteiger partial charge in [0, 0.05) is 35.8 Å². The molecule has 8 nitrogen and oxygen atoms in total. The zero-order chi connectivity index (χ0) is 30.1. The molecule has 43 heavy (non-hydrogen) atoms. The van der Waals surface area contributed by atoms with Gasteiger partial charge in [-0.05, 0) is 60.5 Å². The van der Waals surface area contributed by atoms with Crippen molar-refractivity contribution in [2.45, 2.75) is 24.9 Å². The highest BCUT2D eigenvalue weighted by atomic mass is 32.1. The largest absolute Gasteiger partial charge is 0.475 e. The van der Waals surface area contributed by atoms with Crippen LogP contribution in [0.25, 0.3) is 37.0 Å². The highest BCUT2D eigenvalue weighted by molar-refractivity contribution is 7.17. The van der Waals surface area contributed by atoms with Crippen LogP contribution in [0.4, 0.5) is 10.1 Å². The Bertz CT molecular complexity index is 1810. The van der Waals surface area contributed by atoms with E-state index in [2.05, 4.69) is 53.0 Å². The SMILES string of the molecule is [C-]#[N+]C[C@H]1CN(c2c(C#N)c(OC[C@@H]3CCCN3C)nc3cc(-c4cccc5ccsc45)ccc23)CCN1C(=O)C(=C)F. The van der Waals surface area contributed by atoms with E-state index < -0.39 is 17.8 Å². The molecule has 2 fully saturated rings. The van der Waals surface area contributed by atoms with Crippen LogP contribution < -0.4 is 9.64 Å². The number of aromatic nitrogens is 1. The molecule has 0 unspecified atom stereocenters. The summed E-state index contributed by atoms with van der Waals surface area (Å²) >= 11 is 1.69. The van der Waals surface area contributed by atoms with Crippen LogP contribution in [0, 0.1) is 17.9 Å². The lowest BCUT2D eigenvalue weighted by Crippen LogP contribution is -2.56. The van der Waals surface area contributed by atoms with E-state index in [1.807, 2.05) is 29.2 Å². The predicted molar refractivity (Wildman–Crippen MR) is 168 cm³/mol. The Hall–Kier alpha value is -4.51.